The Labute approximate surface area is 138 Å². The predicted molar refractivity (Wildman–Crippen MR) is 86.9 cm³/mol. The molecule has 0 aliphatic rings. The van der Waals surface area contributed by atoms with Gasteiger partial charge in [0, 0.05) is 25.2 Å². The van der Waals surface area contributed by atoms with Gasteiger partial charge < -0.3 is 9.64 Å². The summed E-state index contributed by atoms with van der Waals surface area (Å²) in [7, 11) is 1.63. The number of nitro groups is 1. The molecule has 0 aliphatic heterocycles. The van der Waals surface area contributed by atoms with Crippen LogP contribution < -0.4 is 4.74 Å². The molecule has 0 spiro atoms. The van der Waals surface area contributed by atoms with E-state index in [9.17, 15) is 19.7 Å². The standard InChI is InChI=1S/C17H16N2O5/c1-18(10-13-5-3-2-4-6-13)17(21)12-24-16-8-7-14(11-20)9-15(16)19(22)23/h2-9,11H,10,12H2,1H3. The SMILES string of the molecule is CN(Cc1ccccc1)C(=O)COc1ccc(C=O)cc1[N+](=O)[O-]. The zero-order valence-electron chi connectivity index (χ0n) is 13.0. The van der Waals surface area contributed by atoms with Crippen LogP contribution in [0.4, 0.5) is 5.69 Å². The number of rotatable bonds is 7. The molecule has 2 rings (SSSR count). The fraction of sp³-hybridized carbons (Fsp3) is 0.176. The number of hydrogen-bond acceptors (Lipinski definition) is 5. The smallest absolute Gasteiger partial charge is 0.311 e. The molecule has 1 amide bonds. The van der Waals surface area contributed by atoms with Crippen molar-refractivity contribution >= 4 is 17.9 Å². The van der Waals surface area contributed by atoms with Crippen molar-refractivity contribution in [3.05, 3.63) is 69.8 Å². The molecule has 0 aliphatic carbocycles. The summed E-state index contributed by atoms with van der Waals surface area (Å²) in [5, 5.41) is 11.0. The van der Waals surface area contributed by atoms with Crippen LogP contribution in [0.5, 0.6) is 5.75 Å². The fourth-order valence-corrected chi connectivity index (χ4v) is 2.07. The molecule has 7 nitrogen and oxygen atoms in total. The lowest BCUT2D eigenvalue weighted by Gasteiger charge is -2.17. The maximum atomic E-state index is 12.1. The highest BCUT2D eigenvalue weighted by molar-refractivity contribution is 5.79. The van der Waals surface area contributed by atoms with Crippen LogP contribution in [0.1, 0.15) is 15.9 Å². The van der Waals surface area contributed by atoms with Crippen LogP contribution in [-0.2, 0) is 11.3 Å². The minimum Gasteiger partial charge on any atom is -0.477 e. The largest absolute Gasteiger partial charge is 0.477 e. The van der Waals surface area contributed by atoms with E-state index in [0.717, 1.165) is 11.6 Å². The normalized spacial score (nSPS) is 10.0. The first-order valence-corrected chi connectivity index (χ1v) is 7.15. The Kier molecular flexibility index (Phi) is 5.62. The Morgan fingerprint density at radius 3 is 2.58 bits per heavy atom. The molecule has 0 bridgehead atoms. The number of hydrogen-bond donors (Lipinski definition) is 0. The van der Waals surface area contributed by atoms with Gasteiger partial charge in [-0.3, -0.25) is 19.7 Å². The van der Waals surface area contributed by atoms with E-state index in [-0.39, 0.29) is 29.5 Å². The summed E-state index contributed by atoms with van der Waals surface area (Å²) in [6.45, 7) is 0.0832. The van der Waals surface area contributed by atoms with Crippen LogP contribution in [0, 0.1) is 10.1 Å². The number of carbonyl (C=O) groups is 2. The topological polar surface area (TPSA) is 89.8 Å². The number of ether oxygens (including phenoxy) is 1. The lowest BCUT2D eigenvalue weighted by Crippen LogP contribution is -2.31. The van der Waals surface area contributed by atoms with Gasteiger partial charge in [0.1, 0.15) is 6.29 Å². The zero-order valence-corrected chi connectivity index (χ0v) is 13.0. The second kappa shape index (κ2) is 7.87. The molecule has 0 atom stereocenters. The van der Waals surface area contributed by atoms with E-state index in [1.54, 1.807) is 7.05 Å². The average Bonchev–Trinajstić information content (AvgIpc) is 2.60. The molecule has 0 aromatic heterocycles. The fourth-order valence-electron chi connectivity index (χ4n) is 2.07. The molecule has 0 saturated heterocycles. The van der Waals surface area contributed by atoms with Crippen molar-refractivity contribution in [3.63, 3.8) is 0 Å². The van der Waals surface area contributed by atoms with Crippen molar-refractivity contribution in [3.8, 4) is 5.75 Å². The van der Waals surface area contributed by atoms with Crippen molar-refractivity contribution in [2.24, 2.45) is 0 Å². The van der Waals surface area contributed by atoms with Crippen LogP contribution in [-0.4, -0.2) is 35.7 Å². The van der Waals surface area contributed by atoms with Crippen LogP contribution >= 0.6 is 0 Å². The van der Waals surface area contributed by atoms with Crippen molar-refractivity contribution < 1.29 is 19.2 Å². The molecule has 2 aromatic carbocycles. The van der Waals surface area contributed by atoms with Crippen LogP contribution in [0.15, 0.2) is 48.5 Å². The van der Waals surface area contributed by atoms with Gasteiger partial charge >= 0.3 is 5.69 Å². The Morgan fingerprint density at radius 2 is 1.96 bits per heavy atom. The summed E-state index contributed by atoms with van der Waals surface area (Å²) in [5.41, 5.74) is 0.786. The Morgan fingerprint density at radius 1 is 1.25 bits per heavy atom. The van der Waals surface area contributed by atoms with Gasteiger partial charge in [-0.15, -0.1) is 0 Å². The summed E-state index contributed by atoms with van der Waals surface area (Å²) in [5.74, 6) is -0.361. The first kappa shape index (κ1) is 17.1. The maximum absolute atomic E-state index is 12.1. The van der Waals surface area contributed by atoms with E-state index >= 15 is 0 Å². The first-order chi connectivity index (χ1) is 11.5. The molecule has 0 N–H and O–H groups in total. The summed E-state index contributed by atoms with van der Waals surface area (Å²) in [4.78, 5) is 34.6. The minimum atomic E-state index is -0.652. The van der Waals surface area contributed by atoms with Gasteiger partial charge in [0.25, 0.3) is 5.91 Å². The average molecular weight is 328 g/mol. The van der Waals surface area contributed by atoms with Gasteiger partial charge in [-0.05, 0) is 17.7 Å². The summed E-state index contributed by atoms with van der Waals surface area (Å²) in [6.07, 6.45) is 0.509. The Bertz CT molecular complexity index is 746. The number of likely N-dealkylation sites (N-methyl/N-ethyl adjacent to an activating group) is 1. The third kappa shape index (κ3) is 4.39. The van der Waals surface area contributed by atoms with E-state index in [1.165, 1.54) is 17.0 Å². The third-order valence-electron chi connectivity index (χ3n) is 3.36. The Hall–Kier alpha value is -3.22. The summed E-state index contributed by atoms with van der Waals surface area (Å²) in [6, 6.07) is 13.3. The van der Waals surface area contributed by atoms with Crippen molar-refractivity contribution in [2.75, 3.05) is 13.7 Å². The van der Waals surface area contributed by atoms with E-state index in [0.29, 0.717) is 12.8 Å². The molecule has 24 heavy (non-hydrogen) atoms. The molecule has 0 saturated carbocycles. The van der Waals surface area contributed by atoms with Crippen LogP contribution in [0.3, 0.4) is 0 Å². The van der Waals surface area contributed by atoms with Crippen LogP contribution in [0.2, 0.25) is 0 Å². The van der Waals surface area contributed by atoms with Crippen molar-refractivity contribution in [1.82, 2.24) is 4.90 Å². The quantitative estimate of drug-likeness (QED) is 0.442. The highest BCUT2D eigenvalue weighted by Crippen LogP contribution is 2.27. The van der Waals surface area contributed by atoms with Gasteiger partial charge in [-0.1, -0.05) is 30.3 Å². The zero-order chi connectivity index (χ0) is 17.5. The number of carbonyl (C=O) groups excluding carboxylic acids is 2. The van der Waals surface area contributed by atoms with E-state index < -0.39 is 4.92 Å². The molecular formula is C17H16N2O5. The number of benzene rings is 2. The monoisotopic (exact) mass is 328 g/mol. The van der Waals surface area contributed by atoms with Crippen LogP contribution in [0.25, 0.3) is 0 Å². The Balaban J connectivity index is 2.01. The van der Waals surface area contributed by atoms with Crippen molar-refractivity contribution in [1.29, 1.82) is 0 Å². The molecule has 2 aromatic rings. The second-order valence-corrected chi connectivity index (χ2v) is 5.13. The minimum absolute atomic E-state index is 0.0490. The molecule has 7 heteroatoms. The number of amides is 1. The van der Waals surface area contributed by atoms with Gasteiger partial charge in [0.15, 0.2) is 12.4 Å². The summed E-state index contributed by atoms with van der Waals surface area (Å²) >= 11 is 0. The van der Waals surface area contributed by atoms with Gasteiger partial charge in [-0.2, -0.15) is 0 Å². The molecule has 0 heterocycles. The summed E-state index contributed by atoms with van der Waals surface area (Å²) < 4.78 is 5.27. The lowest BCUT2D eigenvalue weighted by atomic mass is 10.2. The van der Waals surface area contributed by atoms with E-state index in [4.69, 9.17) is 4.74 Å². The number of nitrogens with zero attached hydrogens (tertiary/aromatic N) is 2. The van der Waals surface area contributed by atoms with Crippen molar-refractivity contribution in [2.45, 2.75) is 6.54 Å². The molecule has 0 unspecified atom stereocenters. The third-order valence-corrected chi connectivity index (χ3v) is 3.36. The molecule has 0 fully saturated rings. The molecular weight excluding hydrogens is 312 g/mol. The first-order valence-electron chi connectivity index (χ1n) is 7.15. The lowest BCUT2D eigenvalue weighted by molar-refractivity contribution is -0.385. The predicted octanol–water partition coefficient (Wildman–Crippen LogP) is 2.44. The van der Waals surface area contributed by atoms with Gasteiger partial charge in [0.05, 0.1) is 4.92 Å². The number of aldehydes is 1. The van der Waals surface area contributed by atoms with E-state index in [2.05, 4.69) is 0 Å². The molecule has 124 valence electrons. The molecule has 0 radical (unpaired) electrons. The highest BCUT2D eigenvalue weighted by atomic mass is 16.6. The van der Waals surface area contributed by atoms with E-state index in [1.807, 2.05) is 30.3 Å². The van der Waals surface area contributed by atoms with Gasteiger partial charge in [-0.25, -0.2) is 0 Å². The maximum Gasteiger partial charge on any atom is 0.311 e. The second-order valence-electron chi connectivity index (χ2n) is 5.13. The highest BCUT2D eigenvalue weighted by Gasteiger charge is 2.18. The van der Waals surface area contributed by atoms with Gasteiger partial charge in [0.2, 0.25) is 0 Å². The number of nitro benzene ring substituents is 1.